The predicted molar refractivity (Wildman–Crippen MR) is 82.2 cm³/mol. The van der Waals surface area contributed by atoms with Gasteiger partial charge >= 0.3 is 0 Å². The van der Waals surface area contributed by atoms with Gasteiger partial charge in [0, 0.05) is 18.3 Å². The molecule has 0 fully saturated rings. The summed E-state index contributed by atoms with van der Waals surface area (Å²) in [6.45, 7) is 2.25. The van der Waals surface area contributed by atoms with Crippen LogP contribution < -0.4 is 10.2 Å². The zero-order valence-electron chi connectivity index (χ0n) is 12.3. The number of likely N-dealkylation sites (N-methyl/N-ethyl adjacent to an activating group) is 1. The van der Waals surface area contributed by atoms with E-state index in [1.54, 1.807) is 24.3 Å². The van der Waals surface area contributed by atoms with E-state index in [0.717, 1.165) is 12.1 Å². The smallest absolute Gasteiger partial charge is 0.244 e. The number of para-hydroxylation sites is 1. The Balaban J connectivity index is 1.92. The van der Waals surface area contributed by atoms with Crippen molar-refractivity contribution in [3.8, 4) is 0 Å². The van der Waals surface area contributed by atoms with E-state index in [2.05, 4.69) is 5.32 Å². The minimum atomic E-state index is -1.03. The number of hydrogen-bond donors (Lipinski definition) is 1. The molecule has 0 spiro atoms. The van der Waals surface area contributed by atoms with E-state index in [1.807, 2.05) is 6.92 Å². The highest BCUT2D eigenvalue weighted by atomic mass is 19.1. The van der Waals surface area contributed by atoms with Gasteiger partial charge in [0.05, 0.1) is 5.69 Å². The highest BCUT2D eigenvalue weighted by Crippen LogP contribution is 2.37. The lowest BCUT2D eigenvalue weighted by atomic mass is 10.00. The first-order valence-electron chi connectivity index (χ1n) is 7.19. The topological polar surface area (TPSA) is 49.4 Å². The van der Waals surface area contributed by atoms with Gasteiger partial charge in [0.1, 0.15) is 17.6 Å². The average Bonchev–Trinajstić information content (AvgIpc) is 2.81. The molecule has 4 nitrogen and oxygen atoms in total. The van der Waals surface area contributed by atoms with Crippen LogP contribution in [-0.4, -0.2) is 18.4 Å². The number of carbonyl (C=O) groups excluding carboxylic acids is 2. The van der Waals surface area contributed by atoms with Crippen molar-refractivity contribution < 1.29 is 18.4 Å². The van der Waals surface area contributed by atoms with E-state index < -0.39 is 23.5 Å². The highest BCUT2D eigenvalue weighted by molar-refractivity contribution is 6.20. The molecule has 0 radical (unpaired) electrons. The van der Waals surface area contributed by atoms with Crippen LogP contribution in [-0.2, 0) is 9.59 Å². The first kappa shape index (κ1) is 15.1. The lowest BCUT2D eigenvalue weighted by Gasteiger charge is -2.15. The molecule has 0 aromatic heterocycles. The number of carbonyl (C=O) groups is 2. The highest BCUT2D eigenvalue weighted by Gasteiger charge is 2.41. The molecule has 0 bridgehead atoms. The normalized spacial score (nSPS) is 16.4. The van der Waals surface area contributed by atoms with E-state index in [-0.39, 0.29) is 11.6 Å². The van der Waals surface area contributed by atoms with Crippen molar-refractivity contribution in [1.29, 1.82) is 0 Å². The van der Waals surface area contributed by atoms with Crippen molar-refractivity contribution in [2.45, 2.75) is 12.8 Å². The minimum Gasteiger partial charge on any atom is -0.323 e. The average molecular weight is 316 g/mol. The van der Waals surface area contributed by atoms with Crippen LogP contribution >= 0.6 is 0 Å². The van der Waals surface area contributed by atoms with Gasteiger partial charge in [-0.2, -0.15) is 0 Å². The third-order valence-corrected chi connectivity index (χ3v) is 3.82. The summed E-state index contributed by atoms with van der Waals surface area (Å²) < 4.78 is 26.6. The summed E-state index contributed by atoms with van der Waals surface area (Å²) in [7, 11) is 0. The first-order valence-corrected chi connectivity index (χ1v) is 7.19. The molecule has 1 unspecified atom stereocenters. The lowest BCUT2D eigenvalue weighted by molar-refractivity contribution is -0.126. The third-order valence-electron chi connectivity index (χ3n) is 3.82. The van der Waals surface area contributed by atoms with Crippen molar-refractivity contribution in [2.75, 3.05) is 16.8 Å². The number of anilines is 2. The van der Waals surface area contributed by atoms with Crippen LogP contribution in [0.25, 0.3) is 0 Å². The number of nitrogens with one attached hydrogen (secondary N) is 1. The molecule has 3 rings (SSSR count). The van der Waals surface area contributed by atoms with Gasteiger partial charge in [-0.1, -0.05) is 18.2 Å². The van der Waals surface area contributed by atoms with Gasteiger partial charge in [0.25, 0.3) is 0 Å². The quantitative estimate of drug-likeness (QED) is 0.885. The number of benzene rings is 2. The molecule has 23 heavy (non-hydrogen) atoms. The molecule has 0 saturated heterocycles. The molecule has 2 aromatic rings. The lowest BCUT2D eigenvalue weighted by Crippen LogP contribution is -2.33. The summed E-state index contributed by atoms with van der Waals surface area (Å²) in [6.07, 6.45) is 0. The monoisotopic (exact) mass is 316 g/mol. The number of halogens is 2. The fraction of sp³-hybridized carbons (Fsp3) is 0.176. The van der Waals surface area contributed by atoms with E-state index in [1.165, 1.54) is 4.90 Å². The summed E-state index contributed by atoms with van der Waals surface area (Å²) in [5, 5.41) is 2.37. The van der Waals surface area contributed by atoms with E-state index >= 15 is 0 Å². The van der Waals surface area contributed by atoms with Crippen molar-refractivity contribution >= 4 is 23.2 Å². The fourth-order valence-electron chi connectivity index (χ4n) is 2.76. The second-order valence-electron chi connectivity index (χ2n) is 5.19. The zero-order chi connectivity index (χ0) is 16.6. The number of nitrogens with zero attached hydrogens (tertiary/aromatic N) is 1. The molecule has 118 valence electrons. The maximum absolute atomic E-state index is 13.7. The number of fused-ring (bicyclic) bond motifs is 1. The standard InChI is InChI=1S/C17H14F2N2O2/c1-2-21-14-6-4-3-5-11(14)15(17(21)23)16(22)20-13-8-7-10(18)9-12(13)19/h3-9,15H,2H2,1H3,(H,20,22). The molecule has 2 amide bonds. The molecular formula is C17H14F2N2O2. The fourth-order valence-corrected chi connectivity index (χ4v) is 2.76. The number of rotatable bonds is 3. The largest absolute Gasteiger partial charge is 0.323 e. The predicted octanol–water partition coefficient (Wildman–Crippen LogP) is 3.05. The van der Waals surface area contributed by atoms with Crippen LogP contribution in [0.5, 0.6) is 0 Å². The third kappa shape index (κ3) is 2.56. The van der Waals surface area contributed by atoms with Gasteiger partial charge in [-0.05, 0) is 30.7 Å². The van der Waals surface area contributed by atoms with E-state index in [4.69, 9.17) is 0 Å². The molecule has 6 heteroatoms. The summed E-state index contributed by atoms with van der Waals surface area (Å²) >= 11 is 0. The van der Waals surface area contributed by atoms with Gasteiger partial charge in [-0.15, -0.1) is 0 Å². The Labute approximate surface area is 131 Å². The minimum absolute atomic E-state index is 0.156. The molecule has 1 N–H and O–H groups in total. The summed E-state index contributed by atoms with van der Waals surface area (Å²) in [4.78, 5) is 26.5. The Bertz CT molecular complexity index is 792. The second kappa shape index (κ2) is 5.79. The van der Waals surface area contributed by atoms with E-state index in [9.17, 15) is 18.4 Å². The van der Waals surface area contributed by atoms with Crippen LogP contribution in [0.4, 0.5) is 20.2 Å². The van der Waals surface area contributed by atoms with Gasteiger partial charge in [-0.3, -0.25) is 9.59 Å². The Hall–Kier alpha value is -2.76. The molecule has 0 aliphatic carbocycles. The van der Waals surface area contributed by atoms with Gasteiger partial charge < -0.3 is 10.2 Å². The number of amides is 2. The first-order chi connectivity index (χ1) is 11.0. The van der Waals surface area contributed by atoms with Crippen molar-refractivity contribution in [2.24, 2.45) is 0 Å². The number of hydrogen-bond acceptors (Lipinski definition) is 2. The second-order valence-corrected chi connectivity index (χ2v) is 5.19. The van der Waals surface area contributed by atoms with Crippen molar-refractivity contribution in [3.05, 3.63) is 59.7 Å². The molecule has 0 saturated carbocycles. The van der Waals surface area contributed by atoms with Crippen LogP contribution in [0.1, 0.15) is 18.4 Å². The van der Waals surface area contributed by atoms with Crippen LogP contribution in [0.15, 0.2) is 42.5 Å². The Kier molecular flexibility index (Phi) is 3.82. The van der Waals surface area contributed by atoms with Gasteiger partial charge in [-0.25, -0.2) is 8.78 Å². The van der Waals surface area contributed by atoms with Crippen molar-refractivity contribution in [1.82, 2.24) is 0 Å². The van der Waals surface area contributed by atoms with Crippen LogP contribution in [0.3, 0.4) is 0 Å². The summed E-state index contributed by atoms with van der Waals surface area (Å²) in [5.41, 5.74) is 1.11. The molecular weight excluding hydrogens is 302 g/mol. The Morgan fingerprint density at radius 1 is 1.22 bits per heavy atom. The Morgan fingerprint density at radius 2 is 1.96 bits per heavy atom. The van der Waals surface area contributed by atoms with E-state index in [0.29, 0.717) is 23.9 Å². The Morgan fingerprint density at radius 3 is 2.65 bits per heavy atom. The van der Waals surface area contributed by atoms with Gasteiger partial charge in [0.15, 0.2) is 0 Å². The van der Waals surface area contributed by atoms with Crippen LogP contribution in [0, 0.1) is 11.6 Å². The summed E-state index contributed by atoms with van der Waals surface area (Å²) in [5.74, 6) is -3.64. The maximum Gasteiger partial charge on any atom is 0.244 e. The molecule has 2 aromatic carbocycles. The summed E-state index contributed by atoms with van der Waals surface area (Å²) in [6, 6.07) is 9.85. The molecule has 1 aliphatic rings. The molecule has 1 aliphatic heterocycles. The zero-order valence-corrected chi connectivity index (χ0v) is 12.3. The molecule has 1 heterocycles. The molecule has 1 atom stereocenters. The maximum atomic E-state index is 13.7. The van der Waals surface area contributed by atoms with Gasteiger partial charge in [0.2, 0.25) is 11.8 Å². The van der Waals surface area contributed by atoms with Crippen LogP contribution in [0.2, 0.25) is 0 Å². The SMILES string of the molecule is CCN1C(=O)C(C(=O)Nc2ccc(F)cc2F)c2ccccc21. The van der Waals surface area contributed by atoms with Crippen molar-refractivity contribution in [3.63, 3.8) is 0 Å².